The molecule has 0 bridgehead atoms. The fourth-order valence-electron chi connectivity index (χ4n) is 4.11. The first-order valence-electron chi connectivity index (χ1n) is 9.94. The lowest BCUT2D eigenvalue weighted by Gasteiger charge is -2.27. The number of nitrogens with zero attached hydrogens (tertiary/aromatic N) is 7. The number of fused-ring (bicyclic) bond motifs is 2. The van der Waals surface area contributed by atoms with Gasteiger partial charge in [0.05, 0.1) is 35.1 Å². The van der Waals surface area contributed by atoms with E-state index in [1.807, 2.05) is 32.3 Å². The summed E-state index contributed by atoms with van der Waals surface area (Å²) >= 11 is 0. The first-order chi connectivity index (χ1) is 14.1. The summed E-state index contributed by atoms with van der Waals surface area (Å²) < 4.78 is 9.33. The number of aryl methyl sites for hydroxylation is 2. The number of rotatable bonds is 4. The lowest BCUT2D eigenvalue weighted by molar-refractivity contribution is 0.0573. The average Bonchev–Trinajstić information content (AvgIpc) is 3.32. The van der Waals surface area contributed by atoms with Gasteiger partial charge in [-0.15, -0.1) is 0 Å². The lowest BCUT2D eigenvalue weighted by atomic mass is 9.93. The standard InChI is InChI=1S/C20H24N8O/c1-12-8-18-22-11-23-27(18)10-17(12)24-20-21-9-16-13(2)26-28(19(16)25-20)14-4-6-15(29-3)7-5-14/h8-11,14-15H,4-7H2,1-3H3,(H,21,24,25)/t14-,15+. The Hall–Kier alpha value is -3.07. The Morgan fingerprint density at radius 1 is 1.14 bits per heavy atom. The highest BCUT2D eigenvalue weighted by Gasteiger charge is 2.25. The van der Waals surface area contributed by atoms with Crippen molar-refractivity contribution >= 4 is 28.3 Å². The predicted octanol–water partition coefficient (Wildman–Crippen LogP) is 3.36. The highest BCUT2D eigenvalue weighted by molar-refractivity contribution is 5.79. The second kappa shape index (κ2) is 7.07. The summed E-state index contributed by atoms with van der Waals surface area (Å²) in [5.41, 5.74) is 4.59. The first-order valence-corrected chi connectivity index (χ1v) is 9.94. The van der Waals surface area contributed by atoms with Gasteiger partial charge in [-0.25, -0.2) is 19.2 Å². The summed E-state index contributed by atoms with van der Waals surface area (Å²) in [7, 11) is 1.79. The molecule has 0 radical (unpaired) electrons. The molecule has 4 aromatic rings. The van der Waals surface area contributed by atoms with Crippen LogP contribution in [0, 0.1) is 13.8 Å². The molecule has 0 unspecified atom stereocenters. The van der Waals surface area contributed by atoms with Crippen LogP contribution in [0.15, 0.2) is 24.8 Å². The van der Waals surface area contributed by atoms with Crippen LogP contribution in [0.3, 0.4) is 0 Å². The van der Waals surface area contributed by atoms with E-state index in [9.17, 15) is 0 Å². The van der Waals surface area contributed by atoms with Gasteiger partial charge >= 0.3 is 0 Å². The van der Waals surface area contributed by atoms with Gasteiger partial charge < -0.3 is 10.1 Å². The minimum absolute atomic E-state index is 0.341. The number of pyridine rings is 1. The van der Waals surface area contributed by atoms with Gasteiger partial charge in [-0.05, 0) is 51.2 Å². The van der Waals surface area contributed by atoms with Crippen LogP contribution in [0.2, 0.25) is 0 Å². The molecule has 1 saturated carbocycles. The molecule has 150 valence electrons. The molecular weight excluding hydrogens is 368 g/mol. The Bertz CT molecular complexity index is 1170. The Balaban J connectivity index is 1.48. The third-order valence-corrected chi connectivity index (χ3v) is 5.83. The van der Waals surface area contributed by atoms with E-state index in [0.29, 0.717) is 18.1 Å². The van der Waals surface area contributed by atoms with E-state index in [-0.39, 0.29) is 0 Å². The molecule has 1 aliphatic rings. The van der Waals surface area contributed by atoms with Crippen molar-refractivity contribution < 1.29 is 4.74 Å². The Morgan fingerprint density at radius 3 is 2.76 bits per heavy atom. The highest BCUT2D eigenvalue weighted by Crippen LogP contribution is 2.32. The van der Waals surface area contributed by atoms with E-state index in [1.165, 1.54) is 0 Å². The van der Waals surface area contributed by atoms with Gasteiger partial charge in [0.15, 0.2) is 11.3 Å². The Labute approximate surface area is 168 Å². The van der Waals surface area contributed by atoms with E-state index in [4.69, 9.17) is 14.8 Å². The number of aromatic nitrogens is 7. The van der Waals surface area contributed by atoms with E-state index in [0.717, 1.165) is 59.3 Å². The van der Waals surface area contributed by atoms with Crippen molar-refractivity contribution in [2.45, 2.75) is 51.7 Å². The van der Waals surface area contributed by atoms with Crippen LogP contribution in [0.5, 0.6) is 0 Å². The van der Waals surface area contributed by atoms with E-state index >= 15 is 0 Å². The van der Waals surface area contributed by atoms with Crippen LogP contribution < -0.4 is 5.32 Å². The smallest absolute Gasteiger partial charge is 0.229 e. The third-order valence-electron chi connectivity index (χ3n) is 5.83. The van der Waals surface area contributed by atoms with Gasteiger partial charge in [-0.3, -0.25) is 0 Å². The van der Waals surface area contributed by atoms with E-state index in [2.05, 4.69) is 25.1 Å². The summed E-state index contributed by atoms with van der Waals surface area (Å²) in [6, 6.07) is 2.32. The Morgan fingerprint density at radius 2 is 1.97 bits per heavy atom. The second-order valence-electron chi connectivity index (χ2n) is 7.69. The summed E-state index contributed by atoms with van der Waals surface area (Å²) in [5.74, 6) is 0.548. The molecule has 0 aromatic carbocycles. The molecule has 0 spiro atoms. The van der Waals surface area contributed by atoms with Crippen molar-refractivity contribution in [3.05, 3.63) is 36.0 Å². The van der Waals surface area contributed by atoms with Gasteiger partial charge in [0.2, 0.25) is 5.95 Å². The zero-order valence-electron chi connectivity index (χ0n) is 16.8. The average molecular weight is 392 g/mol. The van der Waals surface area contributed by atoms with Crippen molar-refractivity contribution in [2.24, 2.45) is 0 Å². The summed E-state index contributed by atoms with van der Waals surface area (Å²) in [5, 5.41) is 13.3. The van der Waals surface area contributed by atoms with Crippen LogP contribution in [0.1, 0.15) is 43.0 Å². The normalized spacial score (nSPS) is 19.8. The van der Waals surface area contributed by atoms with Gasteiger partial charge in [0.25, 0.3) is 0 Å². The molecule has 9 nitrogen and oxygen atoms in total. The summed E-state index contributed by atoms with van der Waals surface area (Å²) in [6.07, 6.45) is 9.85. The second-order valence-corrected chi connectivity index (χ2v) is 7.69. The molecular formula is C20H24N8O. The van der Waals surface area contributed by atoms with Gasteiger partial charge in [0, 0.05) is 13.3 Å². The van der Waals surface area contributed by atoms with Crippen molar-refractivity contribution in [1.29, 1.82) is 0 Å². The molecule has 1 fully saturated rings. The van der Waals surface area contributed by atoms with Gasteiger partial charge in [-0.2, -0.15) is 15.2 Å². The number of ether oxygens (including phenoxy) is 1. The fraction of sp³-hybridized carbons (Fsp3) is 0.450. The van der Waals surface area contributed by atoms with Crippen molar-refractivity contribution in [3.63, 3.8) is 0 Å². The number of nitrogens with one attached hydrogen (secondary N) is 1. The molecule has 29 heavy (non-hydrogen) atoms. The van der Waals surface area contributed by atoms with Crippen LogP contribution in [0.4, 0.5) is 11.6 Å². The van der Waals surface area contributed by atoms with E-state index in [1.54, 1.807) is 18.0 Å². The highest BCUT2D eigenvalue weighted by atomic mass is 16.5. The van der Waals surface area contributed by atoms with Crippen molar-refractivity contribution in [2.75, 3.05) is 12.4 Å². The quantitative estimate of drug-likeness (QED) is 0.569. The predicted molar refractivity (Wildman–Crippen MR) is 109 cm³/mol. The van der Waals surface area contributed by atoms with Crippen LogP contribution in [-0.2, 0) is 4.74 Å². The van der Waals surface area contributed by atoms with Gasteiger partial charge in [0.1, 0.15) is 6.33 Å². The fourth-order valence-corrected chi connectivity index (χ4v) is 4.11. The molecule has 0 atom stereocenters. The topological polar surface area (TPSA) is 95.0 Å². The number of hydrogen-bond acceptors (Lipinski definition) is 7. The summed E-state index contributed by atoms with van der Waals surface area (Å²) in [6.45, 7) is 4.04. The minimum Gasteiger partial charge on any atom is -0.381 e. The molecule has 0 aliphatic heterocycles. The summed E-state index contributed by atoms with van der Waals surface area (Å²) in [4.78, 5) is 13.5. The lowest BCUT2D eigenvalue weighted by Crippen LogP contribution is -2.23. The van der Waals surface area contributed by atoms with Crippen LogP contribution >= 0.6 is 0 Å². The molecule has 4 heterocycles. The van der Waals surface area contributed by atoms with Crippen molar-refractivity contribution in [3.8, 4) is 0 Å². The Kier molecular flexibility index (Phi) is 4.39. The number of anilines is 2. The minimum atomic E-state index is 0.341. The number of methoxy groups -OCH3 is 1. The maximum absolute atomic E-state index is 5.51. The molecule has 0 saturated heterocycles. The molecule has 0 amide bonds. The third kappa shape index (κ3) is 3.21. The van der Waals surface area contributed by atoms with Gasteiger partial charge in [-0.1, -0.05) is 0 Å². The molecule has 9 heteroatoms. The largest absolute Gasteiger partial charge is 0.381 e. The van der Waals surface area contributed by atoms with Crippen LogP contribution in [0.25, 0.3) is 16.7 Å². The zero-order valence-corrected chi connectivity index (χ0v) is 16.8. The van der Waals surface area contributed by atoms with Crippen LogP contribution in [-0.4, -0.2) is 47.6 Å². The molecule has 1 N–H and O–H groups in total. The first kappa shape index (κ1) is 18.0. The molecule has 1 aliphatic carbocycles. The monoisotopic (exact) mass is 392 g/mol. The molecule has 4 aromatic heterocycles. The maximum atomic E-state index is 5.51. The SMILES string of the molecule is CO[C@H]1CC[C@@H](n2nc(C)c3cnc(Nc4cn5ncnc5cc4C)nc32)CC1. The van der Waals surface area contributed by atoms with E-state index < -0.39 is 0 Å². The molecule has 5 rings (SSSR count). The number of hydrogen-bond donors (Lipinski definition) is 1. The zero-order chi connectivity index (χ0) is 20.0. The maximum Gasteiger partial charge on any atom is 0.229 e. The van der Waals surface area contributed by atoms with Crippen molar-refractivity contribution in [1.82, 2.24) is 34.3 Å².